The van der Waals surface area contributed by atoms with Gasteiger partial charge in [0.1, 0.15) is 0 Å². The first-order valence-electron chi connectivity index (χ1n) is 13.4. The molecule has 4 aliphatic carbocycles. The molecule has 7 unspecified atom stereocenters. The zero-order chi connectivity index (χ0) is 23.2. The van der Waals surface area contributed by atoms with Crippen LogP contribution in [-0.2, 0) is 21.8 Å². The summed E-state index contributed by atoms with van der Waals surface area (Å²) in [6.07, 6.45) is 7.43. The number of benzene rings is 2. The van der Waals surface area contributed by atoms with Crippen LogP contribution in [0.15, 0.2) is 36.5 Å². The average molecular weight is 437 g/mol. The van der Waals surface area contributed by atoms with Crippen molar-refractivity contribution < 1.29 is 4.57 Å². The average Bonchev–Trinajstić information content (AvgIpc) is 3.04. The number of nitrogens with zero attached hydrogens (tertiary/aromatic N) is 1. The van der Waals surface area contributed by atoms with Crippen molar-refractivity contribution in [1.29, 1.82) is 0 Å². The van der Waals surface area contributed by atoms with E-state index in [0.29, 0.717) is 27.1 Å². The van der Waals surface area contributed by atoms with E-state index in [1.165, 1.54) is 23.7 Å². The molecule has 1 spiro atoms. The van der Waals surface area contributed by atoms with E-state index in [0.717, 1.165) is 12.8 Å². The molecule has 0 amide bonds. The Bertz CT molecular complexity index is 1490. The van der Waals surface area contributed by atoms with Crippen molar-refractivity contribution in [3.05, 3.63) is 53.2 Å². The van der Waals surface area contributed by atoms with Crippen molar-refractivity contribution >= 4 is 21.7 Å². The van der Waals surface area contributed by atoms with E-state index >= 15 is 0 Å². The van der Waals surface area contributed by atoms with Gasteiger partial charge in [-0.15, -0.1) is 0 Å². The topological polar surface area (TPSA) is 3.88 Å². The maximum absolute atomic E-state index is 2.77. The van der Waals surface area contributed by atoms with Gasteiger partial charge < -0.3 is 0 Å². The number of aromatic nitrogens is 1. The van der Waals surface area contributed by atoms with E-state index < -0.39 is 0 Å². The van der Waals surface area contributed by atoms with Crippen LogP contribution in [0.2, 0.25) is 0 Å². The molecule has 0 saturated heterocycles. The maximum atomic E-state index is 2.77. The van der Waals surface area contributed by atoms with Crippen molar-refractivity contribution in [3.8, 4) is 0 Å². The molecule has 5 aliphatic rings. The maximum Gasteiger partial charge on any atom is 0.221 e. The van der Waals surface area contributed by atoms with Gasteiger partial charge in [0, 0.05) is 41.0 Å². The van der Waals surface area contributed by atoms with Crippen LogP contribution in [0.3, 0.4) is 0 Å². The van der Waals surface area contributed by atoms with Gasteiger partial charge in [-0.25, -0.2) is 0 Å². The molecule has 3 saturated carbocycles. The molecule has 1 nitrogen and oxygen atoms in total. The van der Waals surface area contributed by atoms with Crippen LogP contribution in [0.5, 0.6) is 0 Å². The highest BCUT2D eigenvalue weighted by atomic mass is 15.1. The minimum absolute atomic E-state index is 0.0691. The fraction of sp³-hybridized carbons (Fsp3) is 0.594. The van der Waals surface area contributed by atoms with E-state index in [9.17, 15) is 0 Å². The van der Waals surface area contributed by atoms with Crippen molar-refractivity contribution in [2.45, 2.75) is 103 Å². The predicted octanol–water partition coefficient (Wildman–Crippen LogP) is 7.44. The largest absolute Gasteiger partial charge is 0.221 e. The van der Waals surface area contributed by atoms with Crippen molar-refractivity contribution in [3.63, 3.8) is 0 Å². The first-order chi connectivity index (χ1) is 15.5. The number of pyridine rings is 1. The lowest BCUT2D eigenvalue weighted by molar-refractivity contribution is -0.750. The summed E-state index contributed by atoms with van der Waals surface area (Å²) in [7, 11) is 0. The highest BCUT2D eigenvalue weighted by Crippen LogP contribution is 3.09. The fourth-order valence-electron chi connectivity index (χ4n) is 12.6. The number of hydrogen-bond acceptors (Lipinski definition) is 0. The Morgan fingerprint density at radius 1 is 0.818 bits per heavy atom. The quantitative estimate of drug-likeness (QED) is 0.290. The third kappa shape index (κ3) is 1.30. The first-order valence-corrected chi connectivity index (χ1v) is 13.4. The van der Waals surface area contributed by atoms with Gasteiger partial charge in [0.05, 0.1) is 10.8 Å². The lowest BCUT2D eigenvalue weighted by Gasteiger charge is -2.58. The van der Waals surface area contributed by atoms with Gasteiger partial charge in [0.2, 0.25) is 5.52 Å². The summed E-state index contributed by atoms with van der Waals surface area (Å²) in [4.78, 5) is 0. The van der Waals surface area contributed by atoms with Crippen LogP contribution in [0, 0.1) is 16.2 Å². The molecule has 1 aromatic heterocycles. The molecule has 8 rings (SSSR count). The molecule has 3 aromatic rings. The number of hydrogen-bond donors (Lipinski definition) is 0. The van der Waals surface area contributed by atoms with E-state index in [1.807, 2.05) is 0 Å². The summed E-state index contributed by atoms with van der Waals surface area (Å²) in [5.74, 6) is 0. The number of fused-ring (bicyclic) bond motifs is 5. The summed E-state index contributed by atoms with van der Waals surface area (Å²) < 4.78 is 2.67. The molecule has 0 radical (unpaired) electrons. The van der Waals surface area contributed by atoms with Crippen molar-refractivity contribution in [1.82, 2.24) is 0 Å². The van der Waals surface area contributed by atoms with Crippen LogP contribution >= 0.6 is 0 Å². The normalized spacial score (nSPS) is 49.5. The van der Waals surface area contributed by atoms with Crippen LogP contribution in [0.25, 0.3) is 21.7 Å². The minimum Gasteiger partial charge on any atom is -0.192 e. The standard InChI is InChI=1S/C32H38N/c1-9-26(3)21-16-22-24(28(5)18-30(7)29(6)17-27(22,4)32(28,29)30)20-14-13-19-12-11-15-33(25(19)23(20)21)31(26,8)10-2/h11-16H,9-10,17-18H2,1-8H3/q+1. The van der Waals surface area contributed by atoms with Crippen LogP contribution in [0.4, 0.5) is 0 Å². The Balaban J connectivity index is 1.60. The first kappa shape index (κ1) is 19.4. The molecular formula is C32H38N+. The second kappa shape index (κ2) is 4.65. The zero-order valence-electron chi connectivity index (χ0n) is 21.7. The smallest absolute Gasteiger partial charge is 0.192 e. The Morgan fingerprint density at radius 2 is 1.52 bits per heavy atom. The highest BCUT2D eigenvalue weighted by molar-refractivity contribution is 6.09. The molecule has 2 aromatic carbocycles. The summed E-state index contributed by atoms with van der Waals surface area (Å²) >= 11 is 0. The Hall–Kier alpha value is -1.89. The molecule has 170 valence electrons. The molecule has 1 heteroatoms. The molecule has 0 N–H and O–H groups in total. The summed E-state index contributed by atoms with van der Waals surface area (Å²) in [5, 5.41) is 4.55. The van der Waals surface area contributed by atoms with Crippen molar-refractivity contribution in [2.24, 2.45) is 16.2 Å². The van der Waals surface area contributed by atoms with Gasteiger partial charge in [-0.3, -0.25) is 0 Å². The van der Waals surface area contributed by atoms with E-state index in [4.69, 9.17) is 0 Å². The summed E-state index contributed by atoms with van der Waals surface area (Å²) in [6.45, 7) is 20.5. The highest BCUT2D eigenvalue weighted by Gasteiger charge is 3.06. The fourth-order valence-corrected chi connectivity index (χ4v) is 12.6. The van der Waals surface area contributed by atoms with Gasteiger partial charge in [-0.1, -0.05) is 53.7 Å². The van der Waals surface area contributed by atoms with Gasteiger partial charge >= 0.3 is 0 Å². The van der Waals surface area contributed by atoms with Crippen LogP contribution < -0.4 is 4.57 Å². The predicted molar refractivity (Wildman–Crippen MR) is 136 cm³/mol. The monoisotopic (exact) mass is 436 g/mol. The minimum atomic E-state index is 0.0691. The lowest BCUT2D eigenvalue weighted by atomic mass is 9.45. The molecular weight excluding hydrogens is 398 g/mol. The summed E-state index contributed by atoms with van der Waals surface area (Å²) in [5.41, 5.74) is 9.01. The molecule has 33 heavy (non-hydrogen) atoms. The molecule has 1 aliphatic heterocycles. The SMILES string of the molecule is CCC1(C)c2cc3c(c4ccc5ccc[n+](c5c24)C1(C)CC)C1(C)CC2(C)C4(C)CC3(C)C142. The van der Waals surface area contributed by atoms with Crippen LogP contribution in [0.1, 0.15) is 97.8 Å². The van der Waals surface area contributed by atoms with E-state index in [1.54, 1.807) is 27.5 Å². The van der Waals surface area contributed by atoms with Gasteiger partial charge in [0.15, 0.2) is 11.7 Å². The molecule has 3 fully saturated rings. The molecule has 7 atom stereocenters. The number of rotatable bonds is 2. The Labute approximate surface area is 198 Å². The lowest BCUT2D eigenvalue weighted by Crippen LogP contribution is -2.66. The second-order valence-electron chi connectivity index (χ2n) is 13.9. The molecule has 2 heterocycles. The second-order valence-corrected chi connectivity index (χ2v) is 13.9. The van der Waals surface area contributed by atoms with Gasteiger partial charge in [0.25, 0.3) is 0 Å². The Kier molecular flexibility index (Phi) is 2.73. The van der Waals surface area contributed by atoms with Crippen molar-refractivity contribution in [2.75, 3.05) is 0 Å². The van der Waals surface area contributed by atoms with Gasteiger partial charge in [-0.05, 0) is 71.2 Å². The third-order valence-electron chi connectivity index (χ3n) is 13.8. The van der Waals surface area contributed by atoms with E-state index in [-0.39, 0.29) is 11.0 Å². The van der Waals surface area contributed by atoms with E-state index in [2.05, 4.69) is 96.5 Å². The Morgan fingerprint density at radius 3 is 2.15 bits per heavy atom. The molecule has 0 bridgehead atoms. The summed E-state index contributed by atoms with van der Waals surface area (Å²) in [6, 6.07) is 12.3. The van der Waals surface area contributed by atoms with Crippen LogP contribution in [-0.4, -0.2) is 0 Å². The van der Waals surface area contributed by atoms with Gasteiger partial charge in [-0.2, -0.15) is 4.57 Å². The zero-order valence-corrected chi connectivity index (χ0v) is 21.7. The third-order valence-corrected chi connectivity index (χ3v) is 13.8.